The number of terminal acetylenes is 1. The van der Waals surface area contributed by atoms with Gasteiger partial charge in [-0.25, -0.2) is 0 Å². The number of anilines is 1. The van der Waals surface area contributed by atoms with Gasteiger partial charge in [-0.15, -0.1) is 6.42 Å². The van der Waals surface area contributed by atoms with E-state index in [4.69, 9.17) is 6.42 Å². The Morgan fingerprint density at radius 3 is 2.71 bits per heavy atom. The van der Waals surface area contributed by atoms with E-state index in [2.05, 4.69) is 11.2 Å². The van der Waals surface area contributed by atoms with Gasteiger partial charge < -0.3 is 5.32 Å². The zero-order chi connectivity index (χ0) is 9.80. The minimum absolute atomic E-state index is 0.0928. The van der Waals surface area contributed by atoms with Crippen LogP contribution in [0.3, 0.4) is 0 Å². The fourth-order valence-corrected chi connectivity index (χ4v) is 1.43. The molecule has 0 aromatic heterocycles. The molecule has 0 spiro atoms. The van der Waals surface area contributed by atoms with E-state index in [0.717, 1.165) is 11.4 Å². The quantitative estimate of drug-likeness (QED) is 0.692. The summed E-state index contributed by atoms with van der Waals surface area (Å²) in [6.45, 7) is 0. The molecule has 2 rings (SSSR count). The Balaban J connectivity index is 2.11. The highest BCUT2D eigenvalue weighted by Crippen LogP contribution is 2.20. The average molecular weight is 181 g/mol. The van der Waals surface area contributed by atoms with Crippen LogP contribution in [0.5, 0.6) is 0 Å². The minimum Gasteiger partial charge on any atom is -0.358 e. The molecule has 1 aliphatic carbocycles. The van der Waals surface area contributed by atoms with Crippen LogP contribution in [0.25, 0.3) is 0 Å². The van der Waals surface area contributed by atoms with Gasteiger partial charge in [0.15, 0.2) is 0 Å². The molecular weight excluding hydrogens is 170 g/mol. The highest BCUT2D eigenvalue weighted by Gasteiger charge is 2.11. The van der Waals surface area contributed by atoms with E-state index in [1.54, 1.807) is 0 Å². The molecule has 1 atom stereocenters. The standard InChI is InChI=1S/C13H11N/c1-2-11-7-6-10-13(11)14-12-8-4-3-5-9-12/h1,3-11,14H. The highest BCUT2D eigenvalue weighted by molar-refractivity contribution is 5.52. The maximum Gasteiger partial charge on any atom is 0.0783 e. The molecule has 0 saturated carbocycles. The molecule has 0 fully saturated rings. The van der Waals surface area contributed by atoms with Crippen LogP contribution in [0, 0.1) is 18.3 Å². The SMILES string of the molecule is C#CC1C=CC=C1Nc1ccccc1. The van der Waals surface area contributed by atoms with Crippen LogP contribution in [0.15, 0.2) is 54.3 Å². The van der Waals surface area contributed by atoms with E-state index >= 15 is 0 Å². The fourth-order valence-electron chi connectivity index (χ4n) is 1.43. The molecule has 1 unspecified atom stereocenters. The van der Waals surface area contributed by atoms with E-state index in [9.17, 15) is 0 Å². The van der Waals surface area contributed by atoms with Crippen molar-refractivity contribution in [2.24, 2.45) is 5.92 Å². The van der Waals surface area contributed by atoms with Gasteiger partial charge in [0.1, 0.15) is 0 Å². The summed E-state index contributed by atoms with van der Waals surface area (Å²) < 4.78 is 0. The summed E-state index contributed by atoms with van der Waals surface area (Å²) in [6.07, 6.45) is 11.4. The molecule has 1 nitrogen and oxygen atoms in total. The predicted molar refractivity (Wildman–Crippen MR) is 59.6 cm³/mol. The highest BCUT2D eigenvalue weighted by atomic mass is 14.9. The molecule has 0 amide bonds. The minimum atomic E-state index is 0.0928. The van der Waals surface area contributed by atoms with Crippen molar-refractivity contribution < 1.29 is 0 Å². The van der Waals surface area contributed by atoms with Crippen LogP contribution in [-0.4, -0.2) is 0 Å². The Bertz CT molecular complexity index is 407. The van der Waals surface area contributed by atoms with Gasteiger partial charge in [-0.2, -0.15) is 0 Å². The number of allylic oxidation sites excluding steroid dienone is 3. The zero-order valence-electron chi connectivity index (χ0n) is 7.77. The molecule has 0 bridgehead atoms. The Morgan fingerprint density at radius 1 is 1.21 bits per heavy atom. The molecule has 1 heteroatoms. The van der Waals surface area contributed by atoms with Crippen molar-refractivity contribution in [1.82, 2.24) is 0 Å². The van der Waals surface area contributed by atoms with Gasteiger partial charge in [0.2, 0.25) is 0 Å². The third kappa shape index (κ3) is 1.70. The van der Waals surface area contributed by atoms with Crippen molar-refractivity contribution in [3.8, 4) is 12.3 Å². The molecule has 0 heterocycles. The molecule has 0 aliphatic heterocycles. The molecule has 1 aromatic rings. The normalized spacial score (nSPS) is 18.8. The van der Waals surface area contributed by atoms with Gasteiger partial charge >= 0.3 is 0 Å². The maximum absolute atomic E-state index is 5.40. The van der Waals surface area contributed by atoms with E-state index in [1.807, 2.05) is 48.6 Å². The lowest BCUT2D eigenvalue weighted by Crippen LogP contribution is -2.05. The smallest absolute Gasteiger partial charge is 0.0783 e. The first-order chi connectivity index (χ1) is 6.90. The van der Waals surface area contributed by atoms with Crippen molar-refractivity contribution >= 4 is 5.69 Å². The predicted octanol–water partition coefficient (Wildman–Crippen LogP) is 2.80. The molecule has 1 aliphatic rings. The molecule has 14 heavy (non-hydrogen) atoms. The van der Waals surface area contributed by atoms with Crippen molar-refractivity contribution in [3.63, 3.8) is 0 Å². The number of nitrogens with one attached hydrogen (secondary N) is 1. The summed E-state index contributed by atoms with van der Waals surface area (Å²) in [5.74, 6) is 2.81. The third-order valence-corrected chi connectivity index (χ3v) is 2.16. The first kappa shape index (κ1) is 8.65. The molecule has 0 saturated heterocycles. The lowest BCUT2D eigenvalue weighted by molar-refractivity contribution is 1.04. The Kier molecular flexibility index (Phi) is 2.38. The lowest BCUT2D eigenvalue weighted by atomic mass is 10.1. The number of hydrogen-bond acceptors (Lipinski definition) is 1. The van der Waals surface area contributed by atoms with Crippen molar-refractivity contribution in [2.75, 3.05) is 5.32 Å². The van der Waals surface area contributed by atoms with Gasteiger partial charge in [0, 0.05) is 11.4 Å². The van der Waals surface area contributed by atoms with Gasteiger partial charge in [-0.05, 0) is 18.2 Å². The molecule has 0 radical (unpaired) electrons. The second-order valence-corrected chi connectivity index (χ2v) is 3.14. The summed E-state index contributed by atoms with van der Waals surface area (Å²) in [7, 11) is 0. The summed E-state index contributed by atoms with van der Waals surface area (Å²) in [5.41, 5.74) is 2.14. The van der Waals surface area contributed by atoms with E-state index < -0.39 is 0 Å². The van der Waals surface area contributed by atoms with E-state index in [-0.39, 0.29) is 5.92 Å². The third-order valence-electron chi connectivity index (χ3n) is 2.16. The van der Waals surface area contributed by atoms with Crippen LogP contribution in [0.1, 0.15) is 0 Å². The van der Waals surface area contributed by atoms with E-state index in [1.165, 1.54) is 0 Å². The number of para-hydroxylation sites is 1. The summed E-state index contributed by atoms with van der Waals surface area (Å²) >= 11 is 0. The average Bonchev–Trinajstić information content (AvgIpc) is 2.67. The number of hydrogen-bond donors (Lipinski definition) is 1. The van der Waals surface area contributed by atoms with Crippen molar-refractivity contribution in [2.45, 2.75) is 0 Å². The maximum atomic E-state index is 5.40. The summed E-state index contributed by atoms with van der Waals surface area (Å²) in [5, 5.41) is 3.30. The van der Waals surface area contributed by atoms with Gasteiger partial charge in [-0.1, -0.05) is 36.3 Å². The van der Waals surface area contributed by atoms with Crippen molar-refractivity contribution in [1.29, 1.82) is 0 Å². The van der Waals surface area contributed by atoms with Gasteiger partial charge in [-0.3, -0.25) is 0 Å². The first-order valence-corrected chi connectivity index (χ1v) is 4.57. The fraction of sp³-hybridized carbons (Fsp3) is 0.0769. The summed E-state index contributed by atoms with van der Waals surface area (Å²) in [6, 6.07) is 10.0. The lowest BCUT2D eigenvalue weighted by Gasteiger charge is -2.10. The van der Waals surface area contributed by atoms with Crippen LogP contribution in [0.2, 0.25) is 0 Å². The number of rotatable bonds is 2. The Morgan fingerprint density at radius 2 is 2.00 bits per heavy atom. The van der Waals surface area contributed by atoms with Crippen LogP contribution < -0.4 is 5.32 Å². The molecular formula is C13H11N. The Labute approximate surface area is 84.2 Å². The topological polar surface area (TPSA) is 12.0 Å². The van der Waals surface area contributed by atoms with Crippen molar-refractivity contribution in [3.05, 3.63) is 54.3 Å². The Hall–Kier alpha value is -1.94. The first-order valence-electron chi connectivity index (χ1n) is 4.57. The molecule has 1 N–H and O–H groups in total. The summed E-state index contributed by atoms with van der Waals surface area (Å²) in [4.78, 5) is 0. The zero-order valence-corrected chi connectivity index (χ0v) is 7.77. The van der Waals surface area contributed by atoms with Gasteiger partial charge in [0.25, 0.3) is 0 Å². The van der Waals surface area contributed by atoms with Crippen LogP contribution in [-0.2, 0) is 0 Å². The monoisotopic (exact) mass is 181 g/mol. The molecule has 68 valence electrons. The van der Waals surface area contributed by atoms with Crippen LogP contribution in [0.4, 0.5) is 5.69 Å². The second-order valence-electron chi connectivity index (χ2n) is 3.14. The number of benzene rings is 1. The molecule has 1 aromatic carbocycles. The van der Waals surface area contributed by atoms with E-state index in [0.29, 0.717) is 0 Å². The van der Waals surface area contributed by atoms with Gasteiger partial charge in [0.05, 0.1) is 5.92 Å². The second kappa shape index (κ2) is 3.85. The largest absolute Gasteiger partial charge is 0.358 e. The van der Waals surface area contributed by atoms with Crippen LogP contribution >= 0.6 is 0 Å².